The number of nitrogens with zero attached hydrogens (tertiary/aromatic N) is 3. The van der Waals surface area contributed by atoms with E-state index in [1.54, 1.807) is 18.5 Å². The Hall–Kier alpha value is -4.40. The van der Waals surface area contributed by atoms with Crippen molar-refractivity contribution >= 4 is 17.4 Å². The number of rotatable bonds is 7. The zero-order valence-corrected chi connectivity index (χ0v) is 17.0. The Bertz CT molecular complexity index is 1210. The Labute approximate surface area is 183 Å². The molecule has 2 aromatic heterocycles. The van der Waals surface area contributed by atoms with Crippen molar-refractivity contribution < 1.29 is 19.4 Å². The summed E-state index contributed by atoms with van der Waals surface area (Å²) in [5.74, 6) is 0.451. The average molecular weight is 432 g/mol. The molecule has 0 spiro atoms. The van der Waals surface area contributed by atoms with E-state index in [4.69, 9.17) is 14.6 Å². The second kappa shape index (κ2) is 9.61. The van der Waals surface area contributed by atoms with Crippen molar-refractivity contribution in [3.8, 4) is 5.75 Å². The molecule has 0 aliphatic carbocycles. The van der Waals surface area contributed by atoms with Crippen LogP contribution in [-0.4, -0.2) is 39.4 Å². The molecule has 9 heteroatoms. The van der Waals surface area contributed by atoms with Crippen LogP contribution < -0.4 is 15.2 Å². The molecule has 32 heavy (non-hydrogen) atoms. The molecule has 0 saturated carbocycles. The molecule has 162 valence electrons. The van der Waals surface area contributed by atoms with Crippen LogP contribution in [0.3, 0.4) is 0 Å². The molecule has 1 aromatic carbocycles. The van der Waals surface area contributed by atoms with Crippen molar-refractivity contribution in [1.82, 2.24) is 15.0 Å². The maximum Gasteiger partial charge on any atom is 0.506 e. The number of ether oxygens (including phenoxy) is 2. The molecular weight excluding hydrogens is 412 g/mol. The van der Waals surface area contributed by atoms with Crippen LogP contribution in [-0.2, 0) is 11.3 Å². The lowest BCUT2D eigenvalue weighted by atomic mass is 10.0. The van der Waals surface area contributed by atoms with Gasteiger partial charge in [-0.05, 0) is 11.6 Å². The van der Waals surface area contributed by atoms with E-state index < -0.39 is 6.16 Å². The Morgan fingerprint density at radius 1 is 1.09 bits per heavy atom. The van der Waals surface area contributed by atoms with Gasteiger partial charge in [-0.15, -0.1) is 0 Å². The monoisotopic (exact) mass is 432 g/mol. The van der Waals surface area contributed by atoms with Crippen molar-refractivity contribution in [3.05, 3.63) is 101 Å². The van der Waals surface area contributed by atoms with Gasteiger partial charge in [0.2, 0.25) is 5.56 Å². The third-order valence-corrected chi connectivity index (χ3v) is 4.79. The summed E-state index contributed by atoms with van der Waals surface area (Å²) in [5, 5.41) is 9.08. The normalized spacial score (nSPS) is 13.2. The second-order valence-electron chi connectivity index (χ2n) is 6.86. The largest absolute Gasteiger partial charge is 0.506 e. The lowest BCUT2D eigenvalue weighted by Crippen LogP contribution is -2.30. The summed E-state index contributed by atoms with van der Waals surface area (Å²) in [7, 11) is 0. The SMILES string of the molecule is O=C(O)OCC1=C(c2[nH]c(=O)ccc2OCc2ccccc2)C=CCN1c1cncnc1. The van der Waals surface area contributed by atoms with Gasteiger partial charge in [0, 0.05) is 18.2 Å². The van der Waals surface area contributed by atoms with E-state index in [-0.39, 0.29) is 12.2 Å². The summed E-state index contributed by atoms with van der Waals surface area (Å²) >= 11 is 0. The van der Waals surface area contributed by atoms with Crippen LogP contribution in [0, 0.1) is 0 Å². The van der Waals surface area contributed by atoms with Gasteiger partial charge in [-0.1, -0.05) is 42.5 Å². The van der Waals surface area contributed by atoms with E-state index in [1.807, 2.05) is 47.4 Å². The zero-order valence-electron chi connectivity index (χ0n) is 17.0. The van der Waals surface area contributed by atoms with E-state index in [1.165, 1.54) is 12.4 Å². The summed E-state index contributed by atoms with van der Waals surface area (Å²) in [6.45, 7) is 0.513. The quantitative estimate of drug-likeness (QED) is 0.547. The van der Waals surface area contributed by atoms with Crippen molar-refractivity contribution in [2.75, 3.05) is 18.1 Å². The van der Waals surface area contributed by atoms with Crippen LogP contribution in [0.15, 0.2) is 83.8 Å². The summed E-state index contributed by atoms with van der Waals surface area (Å²) in [5.41, 5.74) is 2.83. The zero-order chi connectivity index (χ0) is 22.3. The average Bonchev–Trinajstić information content (AvgIpc) is 2.83. The Morgan fingerprint density at radius 2 is 1.88 bits per heavy atom. The third-order valence-electron chi connectivity index (χ3n) is 4.79. The lowest BCUT2D eigenvalue weighted by molar-refractivity contribution is 0.0993. The van der Waals surface area contributed by atoms with Crippen molar-refractivity contribution in [2.45, 2.75) is 6.61 Å². The van der Waals surface area contributed by atoms with Crippen molar-refractivity contribution in [3.63, 3.8) is 0 Å². The molecule has 0 saturated heterocycles. The third kappa shape index (κ3) is 4.84. The minimum atomic E-state index is -1.40. The number of benzene rings is 1. The molecule has 0 bridgehead atoms. The van der Waals surface area contributed by atoms with Gasteiger partial charge in [0.15, 0.2) is 0 Å². The van der Waals surface area contributed by atoms with Gasteiger partial charge < -0.3 is 24.5 Å². The highest BCUT2D eigenvalue weighted by molar-refractivity contribution is 5.82. The number of aromatic amines is 1. The summed E-state index contributed by atoms with van der Waals surface area (Å²) in [6, 6.07) is 12.6. The molecule has 4 rings (SSSR count). The van der Waals surface area contributed by atoms with Crippen molar-refractivity contribution in [2.24, 2.45) is 0 Å². The molecule has 0 atom stereocenters. The van der Waals surface area contributed by atoms with Gasteiger partial charge >= 0.3 is 6.16 Å². The number of allylic oxidation sites excluding steroid dienone is 2. The number of hydrogen-bond donors (Lipinski definition) is 2. The fourth-order valence-corrected chi connectivity index (χ4v) is 3.35. The molecule has 1 aliphatic heterocycles. The molecule has 3 aromatic rings. The van der Waals surface area contributed by atoms with Gasteiger partial charge in [-0.2, -0.15) is 0 Å². The molecule has 0 radical (unpaired) electrons. The highest BCUT2D eigenvalue weighted by atomic mass is 16.7. The Balaban J connectivity index is 1.77. The van der Waals surface area contributed by atoms with E-state index in [0.717, 1.165) is 5.56 Å². The van der Waals surface area contributed by atoms with Crippen LogP contribution in [0.2, 0.25) is 0 Å². The van der Waals surface area contributed by atoms with E-state index in [0.29, 0.717) is 41.6 Å². The number of H-pyrrole nitrogens is 1. The number of hydrogen-bond acceptors (Lipinski definition) is 7. The van der Waals surface area contributed by atoms with Gasteiger partial charge in [0.05, 0.1) is 29.5 Å². The first-order chi connectivity index (χ1) is 15.6. The van der Waals surface area contributed by atoms with Crippen LogP contribution in [0.4, 0.5) is 10.5 Å². The summed E-state index contributed by atoms with van der Waals surface area (Å²) in [4.78, 5) is 36.0. The molecule has 9 nitrogen and oxygen atoms in total. The van der Waals surface area contributed by atoms with Crippen molar-refractivity contribution in [1.29, 1.82) is 0 Å². The molecule has 0 unspecified atom stereocenters. The highest BCUT2D eigenvalue weighted by Gasteiger charge is 2.24. The van der Waals surface area contributed by atoms with Gasteiger partial charge in [0.25, 0.3) is 0 Å². The first-order valence-corrected chi connectivity index (χ1v) is 9.80. The Kier molecular flexibility index (Phi) is 6.26. The number of pyridine rings is 1. The molecule has 0 fully saturated rings. The minimum Gasteiger partial charge on any atom is -0.487 e. The van der Waals surface area contributed by atoms with Gasteiger partial charge in [-0.3, -0.25) is 4.79 Å². The Morgan fingerprint density at radius 3 is 2.62 bits per heavy atom. The molecule has 0 amide bonds. The fraction of sp³-hybridized carbons (Fsp3) is 0.130. The second-order valence-corrected chi connectivity index (χ2v) is 6.86. The maximum absolute atomic E-state index is 12.2. The first kappa shape index (κ1) is 20.9. The summed E-state index contributed by atoms with van der Waals surface area (Å²) in [6.07, 6.45) is 6.93. The summed E-state index contributed by atoms with van der Waals surface area (Å²) < 4.78 is 10.9. The fourth-order valence-electron chi connectivity index (χ4n) is 3.35. The lowest BCUT2D eigenvalue weighted by Gasteiger charge is -2.30. The minimum absolute atomic E-state index is 0.237. The van der Waals surface area contributed by atoms with Crippen LogP contribution in [0.5, 0.6) is 5.75 Å². The number of carboxylic acid groups (broad SMARTS) is 1. The molecule has 3 heterocycles. The predicted molar refractivity (Wildman–Crippen MR) is 117 cm³/mol. The number of aromatic nitrogens is 3. The highest BCUT2D eigenvalue weighted by Crippen LogP contribution is 2.33. The number of carbonyl (C=O) groups is 1. The van der Waals surface area contributed by atoms with Crippen LogP contribution in [0.1, 0.15) is 11.3 Å². The molecular formula is C23H20N4O5. The van der Waals surface area contributed by atoms with E-state index in [9.17, 15) is 9.59 Å². The first-order valence-electron chi connectivity index (χ1n) is 9.80. The topological polar surface area (TPSA) is 118 Å². The maximum atomic E-state index is 12.2. The smallest absolute Gasteiger partial charge is 0.487 e. The standard InChI is InChI=1S/C23H20N4O5/c28-21-9-8-20(31-13-16-5-2-1-3-6-16)22(26-21)18-7-4-10-27(17-11-24-15-25-12-17)19(18)14-32-23(29)30/h1-9,11-12,15H,10,13-14H2,(H,26,28)(H,29,30). The van der Waals surface area contributed by atoms with Gasteiger partial charge in [-0.25, -0.2) is 14.8 Å². The number of anilines is 1. The predicted octanol–water partition coefficient (Wildman–Crippen LogP) is 3.23. The molecule has 1 aliphatic rings. The van der Waals surface area contributed by atoms with E-state index >= 15 is 0 Å². The number of nitrogens with one attached hydrogen (secondary N) is 1. The van der Waals surface area contributed by atoms with Crippen LogP contribution >= 0.6 is 0 Å². The van der Waals surface area contributed by atoms with E-state index in [2.05, 4.69) is 15.0 Å². The van der Waals surface area contributed by atoms with Crippen LogP contribution in [0.25, 0.3) is 5.57 Å². The van der Waals surface area contributed by atoms with Gasteiger partial charge in [0.1, 0.15) is 25.3 Å². The molecule has 2 N–H and O–H groups in total.